The lowest BCUT2D eigenvalue weighted by molar-refractivity contribution is -0.384. The van der Waals surface area contributed by atoms with Gasteiger partial charge in [-0.25, -0.2) is 4.68 Å². The van der Waals surface area contributed by atoms with E-state index < -0.39 is 4.92 Å². The summed E-state index contributed by atoms with van der Waals surface area (Å²) in [5.74, 6) is 0.466. The number of rotatable bonds is 7. The van der Waals surface area contributed by atoms with Crippen molar-refractivity contribution in [2.45, 2.75) is 32.9 Å². The molecule has 1 fully saturated rings. The summed E-state index contributed by atoms with van der Waals surface area (Å²) in [5.41, 5.74) is 3.30. The van der Waals surface area contributed by atoms with Gasteiger partial charge in [0.05, 0.1) is 10.6 Å². The number of carbonyl (C=O) groups excluding carboxylic acids is 1. The van der Waals surface area contributed by atoms with Crippen LogP contribution in [0.5, 0.6) is 0 Å². The third kappa shape index (κ3) is 5.20. The Morgan fingerprint density at radius 2 is 1.91 bits per heavy atom. The zero-order valence-corrected chi connectivity index (χ0v) is 18.1. The number of amides is 1. The van der Waals surface area contributed by atoms with Crippen LogP contribution in [0, 0.1) is 16.0 Å². The van der Waals surface area contributed by atoms with Gasteiger partial charge in [0.1, 0.15) is 0 Å². The maximum atomic E-state index is 12.7. The molecule has 1 atom stereocenters. The normalized spacial score (nSPS) is 16.6. The van der Waals surface area contributed by atoms with Crippen molar-refractivity contribution in [3.05, 3.63) is 87.7 Å². The van der Waals surface area contributed by atoms with Crippen LogP contribution in [0.2, 0.25) is 0 Å². The lowest BCUT2D eigenvalue weighted by Crippen LogP contribution is -2.34. The van der Waals surface area contributed by atoms with Gasteiger partial charge in [0.25, 0.3) is 11.6 Å². The lowest BCUT2D eigenvalue weighted by Gasteiger charge is -2.31. The molecule has 2 heterocycles. The Kier molecular flexibility index (Phi) is 6.61. The van der Waals surface area contributed by atoms with Gasteiger partial charge in [-0.05, 0) is 54.6 Å². The van der Waals surface area contributed by atoms with E-state index in [0.29, 0.717) is 17.9 Å². The Morgan fingerprint density at radius 3 is 2.62 bits per heavy atom. The number of carbonyl (C=O) groups is 1. The molecule has 1 saturated heterocycles. The number of hydrogen-bond acceptors (Lipinski definition) is 5. The second-order valence-corrected chi connectivity index (χ2v) is 8.35. The average molecular weight is 434 g/mol. The first-order valence-corrected chi connectivity index (χ1v) is 10.9. The van der Waals surface area contributed by atoms with Crippen molar-refractivity contribution in [2.75, 3.05) is 13.1 Å². The van der Waals surface area contributed by atoms with E-state index in [9.17, 15) is 14.9 Å². The highest BCUT2D eigenvalue weighted by molar-refractivity contribution is 5.92. The summed E-state index contributed by atoms with van der Waals surface area (Å²) < 4.78 is 1.53. The summed E-state index contributed by atoms with van der Waals surface area (Å²) in [5, 5.41) is 18.1. The summed E-state index contributed by atoms with van der Waals surface area (Å²) in [6, 6.07) is 15.9. The molecular weight excluding hydrogens is 406 g/mol. The third-order valence-corrected chi connectivity index (χ3v) is 5.84. The van der Waals surface area contributed by atoms with Gasteiger partial charge in [-0.15, -0.1) is 0 Å². The van der Waals surface area contributed by atoms with E-state index in [1.54, 1.807) is 24.4 Å². The van der Waals surface area contributed by atoms with Crippen LogP contribution in [0.25, 0.3) is 5.69 Å². The second kappa shape index (κ2) is 9.74. The van der Waals surface area contributed by atoms with Gasteiger partial charge in [0.15, 0.2) is 5.69 Å². The molecule has 1 aromatic heterocycles. The van der Waals surface area contributed by atoms with E-state index in [1.165, 1.54) is 35.2 Å². The number of hydrogen-bond donors (Lipinski definition) is 1. The second-order valence-electron chi connectivity index (χ2n) is 8.35. The van der Waals surface area contributed by atoms with Crippen molar-refractivity contribution in [1.82, 2.24) is 20.0 Å². The maximum Gasteiger partial charge on any atom is 0.272 e. The van der Waals surface area contributed by atoms with Gasteiger partial charge in [-0.1, -0.05) is 31.2 Å². The Hall–Kier alpha value is -3.52. The molecule has 1 aliphatic rings. The van der Waals surface area contributed by atoms with Crippen molar-refractivity contribution >= 4 is 11.6 Å². The van der Waals surface area contributed by atoms with Crippen LogP contribution in [0.15, 0.2) is 60.8 Å². The zero-order chi connectivity index (χ0) is 22.5. The van der Waals surface area contributed by atoms with Crippen LogP contribution in [-0.4, -0.2) is 38.6 Å². The average Bonchev–Trinajstić information content (AvgIpc) is 3.29. The highest BCUT2D eigenvalue weighted by atomic mass is 16.6. The van der Waals surface area contributed by atoms with Gasteiger partial charge in [0.2, 0.25) is 0 Å². The molecule has 1 amide bonds. The Bertz CT molecular complexity index is 1090. The Labute approximate surface area is 187 Å². The first-order valence-electron chi connectivity index (χ1n) is 10.9. The molecule has 32 heavy (non-hydrogen) atoms. The van der Waals surface area contributed by atoms with E-state index in [0.717, 1.165) is 31.1 Å². The summed E-state index contributed by atoms with van der Waals surface area (Å²) in [6.07, 6.45) is 4.19. The topological polar surface area (TPSA) is 93.3 Å². The smallest absolute Gasteiger partial charge is 0.272 e. The predicted molar refractivity (Wildman–Crippen MR) is 122 cm³/mol. The predicted octanol–water partition coefficient (Wildman–Crippen LogP) is 3.94. The number of nitrogens with zero attached hydrogens (tertiary/aromatic N) is 4. The Balaban J connectivity index is 1.39. The summed E-state index contributed by atoms with van der Waals surface area (Å²) in [7, 11) is 0. The molecular formula is C24H27N5O3. The Morgan fingerprint density at radius 1 is 1.16 bits per heavy atom. The van der Waals surface area contributed by atoms with Gasteiger partial charge in [-0.3, -0.25) is 19.8 Å². The lowest BCUT2D eigenvalue weighted by atomic mass is 9.99. The molecule has 2 aromatic carbocycles. The summed E-state index contributed by atoms with van der Waals surface area (Å²) in [6.45, 7) is 5.86. The monoisotopic (exact) mass is 433 g/mol. The maximum absolute atomic E-state index is 12.7. The SMILES string of the molecule is CC1CCCN(Cc2ccccc2CNC(=O)c2ccn(-c3ccc([N+](=O)[O-])cc3)n2)C1. The molecule has 166 valence electrons. The molecule has 1 aliphatic heterocycles. The molecule has 8 heteroatoms. The number of aromatic nitrogens is 2. The van der Waals surface area contributed by atoms with Crippen molar-refractivity contribution in [1.29, 1.82) is 0 Å². The highest BCUT2D eigenvalue weighted by Crippen LogP contribution is 2.20. The van der Waals surface area contributed by atoms with Crippen LogP contribution in [-0.2, 0) is 13.1 Å². The van der Waals surface area contributed by atoms with Crippen molar-refractivity contribution in [3.63, 3.8) is 0 Å². The number of likely N-dealkylation sites (tertiary alicyclic amines) is 1. The number of nitro benzene ring substituents is 1. The minimum Gasteiger partial charge on any atom is -0.347 e. The molecule has 0 bridgehead atoms. The molecule has 0 aliphatic carbocycles. The van der Waals surface area contributed by atoms with Crippen molar-refractivity contribution < 1.29 is 9.72 Å². The number of nitrogens with one attached hydrogen (secondary N) is 1. The van der Waals surface area contributed by atoms with Gasteiger partial charge in [0, 0.05) is 38.0 Å². The summed E-state index contributed by atoms with van der Waals surface area (Å²) >= 11 is 0. The van der Waals surface area contributed by atoms with E-state index in [1.807, 2.05) is 12.1 Å². The van der Waals surface area contributed by atoms with Crippen LogP contribution in [0.1, 0.15) is 41.4 Å². The number of nitro groups is 1. The van der Waals surface area contributed by atoms with Crippen molar-refractivity contribution in [3.8, 4) is 5.69 Å². The molecule has 1 unspecified atom stereocenters. The van der Waals surface area contributed by atoms with E-state index >= 15 is 0 Å². The molecule has 8 nitrogen and oxygen atoms in total. The fraction of sp³-hybridized carbons (Fsp3) is 0.333. The molecule has 0 saturated carbocycles. The zero-order valence-electron chi connectivity index (χ0n) is 18.1. The minimum absolute atomic E-state index is 0.0107. The van der Waals surface area contributed by atoms with E-state index in [-0.39, 0.29) is 11.6 Å². The molecule has 3 aromatic rings. The van der Waals surface area contributed by atoms with Crippen molar-refractivity contribution in [2.24, 2.45) is 5.92 Å². The first-order chi connectivity index (χ1) is 15.5. The number of benzene rings is 2. The fourth-order valence-corrected chi connectivity index (χ4v) is 4.14. The molecule has 4 rings (SSSR count). The van der Waals surface area contributed by atoms with E-state index in [4.69, 9.17) is 0 Å². The standard InChI is InChI=1S/C24H27N5O3/c1-18-5-4-13-27(16-18)17-20-7-3-2-6-19(20)15-25-24(30)23-12-14-28(26-23)21-8-10-22(11-9-21)29(31)32/h2-3,6-12,14,18H,4-5,13,15-17H2,1H3,(H,25,30). The molecule has 0 radical (unpaired) electrons. The van der Waals surface area contributed by atoms with Crippen LogP contribution >= 0.6 is 0 Å². The largest absolute Gasteiger partial charge is 0.347 e. The van der Waals surface area contributed by atoms with Gasteiger partial charge >= 0.3 is 0 Å². The van der Waals surface area contributed by atoms with E-state index in [2.05, 4.69) is 34.4 Å². The fourth-order valence-electron chi connectivity index (χ4n) is 4.14. The molecule has 0 spiro atoms. The third-order valence-electron chi connectivity index (χ3n) is 5.84. The quantitative estimate of drug-likeness (QED) is 0.450. The number of non-ortho nitro benzene ring substituents is 1. The minimum atomic E-state index is -0.449. The molecule has 1 N–H and O–H groups in total. The van der Waals surface area contributed by atoms with Crippen LogP contribution < -0.4 is 5.32 Å². The highest BCUT2D eigenvalue weighted by Gasteiger charge is 2.18. The number of piperidine rings is 1. The van der Waals surface area contributed by atoms with Crippen LogP contribution in [0.4, 0.5) is 5.69 Å². The summed E-state index contributed by atoms with van der Waals surface area (Å²) in [4.78, 5) is 25.5. The van der Waals surface area contributed by atoms with Gasteiger partial charge < -0.3 is 5.32 Å². The van der Waals surface area contributed by atoms with Crippen LogP contribution in [0.3, 0.4) is 0 Å². The first kappa shape index (κ1) is 21.7. The van der Waals surface area contributed by atoms with Gasteiger partial charge in [-0.2, -0.15) is 5.10 Å².